The molecule has 0 saturated carbocycles. The molecule has 0 aliphatic carbocycles. The second-order valence-electron chi connectivity index (χ2n) is 6.08. The van der Waals surface area contributed by atoms with E-state index >= 15 is 0 Å². The van der Waals surface area contributed by atoms with Crippen molar-refractivity contribution < 1.29 is 4.79 Å². The maximum Gasteiger partial charge on any atom is 0.266 e. The molecular weight excluding hydrogens is 334 g/mol. The molecule has 0 bridgehead atoms. The quantitative estimate of drug-likeness (QED) is 0.755. The summed E-state index contributed by atoms with van der Waals surface area (Å²) in [6.45, 7) is 2.94. The highest BCUT2D eigenvalue weighted by atomic mass is 32.1. The minimum Gasteiger partial charge on any atom is -0.309 e. The summed E-state index contributed by atoms with van der Waals surface area (Å²) in [6, 6.07) is 11.8. The number of thiophene rings is 1. The molecule has 3 aromatic rings. The summed E-state index contributed by atoms with van der Waals surface area (Å²) in [5.41, 5.74) is 0.822. The first-order chi connectivity index (χ1) is 12.2. The lowest BCUT2D eigenvalue weighted by molar-refractivity contribution is 0.103. The molecule has 25 heavy (non-hydrogen) atoms. The summed E-state index contributed by atoms with van der Waals surface area (Å²) in [4.78, 5) is 18.9. The SMILES string of the molecule is Cc1cc(NC(=O)c2ccc(C3CCCN3)s2)n(-c2ccccn2)n1. The Balaban J connectivity index is 1.55. The lowest BCUT2D eigenvalue weighted by atomic mass is 10.2. The minimum absolute atomic E-state index is 0.119. The Morgan fingerprint density at radius 2 is 2.28 bits per heavy atom. The third-order valence-corrected chi connectivity index (χ3v) is 5.39. The van der Waals surface area contributed by atoms with E-state index in [9.17, 15) is 4.79 Å². The summed E-state index contributed by atoms with van der Waals surface area (Å²) in [7, 11) is 0. The van der Waals surface area contributed by atoms with Crippen molar-refractivity contribution in [2.45, 2.75) is 25.8 Å². The number of aryl methyl sites for hydroxylation is 1. The smallest absolute Gasteiger partial charge is 0.266 e. The highest BCUT2D eigenvalue weighted by Crippen LogP contribution is 2.29. The average molecular weight is 353 g/mol. The van der Waals surface area contributed by atoms with Gasteiger partial charge in [-0.2, -0.15) is 9.78 Å². The highest BCUT2D eigenvalue weighted by Gasteiger charge is 2.20. The summed E-state index contributed by atoms with van der Waals surface area (Å²) in [5, 5.41) is 10.9. The number of carbonyl (C=O) groups excluding carboxylic acids is 1. The van der Waals surface area contributed by atoms with E-state index in [2.05, 4.69) is 20.7 Å². The zero-order chi connectivity index (χ0) is 17.2. The molecule has 0 spiro atoms. The van der Waals surface area contributed by atoms with E-state index in [1.807, 2.05) is 43.3 Å². The van der Waals surface area contributed by atoms with Crippen LogP contribution in [0.15, 0.2) is 42.6 Å². The van der Waals surface area contributed by atoms with Crippen molar-refractivity contribution >= 4 is 23.1 Å². The third-order valence-electron chi connectivity index (χ3n) is 4.19. The zero-order valence-electron chi connectivity index (χ0n) is 13.9. The summed E-state index contributed by atoms with van der Waals surface area (Å²) in [5.74, 6) is 1.18. The number of anilines is 1. The molecule has 1 saturated heterocycles. The van der Waals surface area contributed by atoms with Gasteiger partial charge in [-0.25, -0.2) is 4.98 Å². The molecule has 1 aliphatic rings. The van der Waals surface area contributed by atoms with E-state index < -0.39 is 0 Å². The van der Waals surface area contributed by atoms with Crippen LogP contribution in [0.25, 0.3) is 5.82 Å². The summed E-state index contributed by atoms with van der Waals surface area (Å²) >= 11 is 1.55. The molecule has 1 atom stereocenters. The summed E-state index contributed by atoms with van der Waals surface area (Å²) in [6.07, 6.45) is 4.03. The maximum atomic E-state index is 12.7. The molecule has 1 amide bonds. The van der Waals surface area contributed by atoms with Gasteiger partial charge in [0.25, 0.3) is 5.91 Å². The molecule has 2 N–H and O–H groups in total. The van der Waals surface area contributed by atoms with Gasteiger partial charge in [0.05, 0.1) is 10.6 Å². The van der Waals surface area contributed by atoms with E-state index in [1.54, 1.807) is 22.2 Å². The number of carbonyl (C=O) groups is 1. The molecule has 6 nitrogen and oxygen atoms in total. The minimum atomic E-state index is -0.119. The van der Waals surface area contributed by atoms with Gasteiger partial charge in [0.15, 0.2) is 5.82 Å². The van der Waals surface area contributed by atoms with Gasteiger partial charge in [-0.05, 0) is 50.6 Å². The highest BCUT2D eigenvalue weighted by molar-refractivity contribution is 7.14. The van der Waals surface area contributed by atoms with Gasteiger partial charge in [0.2, 0.25) is 0 Å². The molecule has 7 heteroatoms. The third kappa shape index (κ3) is 3.33. The van der Waals surface area contributed by atoms with Gasteiger partial charge >= 0.3 is 0 Å². The lowest BCUT2D eigenvalue weighted by Gasteiger charge is -2.08. The van der Waals surface area contributed by atoms with Gasteiger partial charge in [-0.15, -0.1) is 11.3 Å². The van der Waals surface area contributed by atoms with Gasteiger partial charge in [0.1, 0.15) is 5.82 Å². The van der Waals surface area contributed by atoms with Crippen molar-refractivity contribution in [1.82, 2.24) is 20.1 Å². The number of hydrogen-bond acceptors (Lipinski definition) is 5. The Hall–Kier alpha value is -2.51. The molecule has 1 fully saturated rings. The van der Waals surface area contributed by atoms with Crippen molar-refractivity contribution in [3.63, 3.8) is 0 Å². The van der Waals surface area contributed by atoms with Gasteiger partial charge in [-0.1, -0.05) is 6.07 Å². The normalized spacial score (nSPS) is 16.9. The maximum absolute atomic E-state index is 12.7. The zero-order valence-corrected chi connectivity index (χ0v) is 14.7. The second kappa shape index (κ2) is 6.78. The fraction of sp³-hybridized carbons (Fsp3) is 0.278. The van der Waals surface area contributed by atoms with Crippen LogP contribution in [-0.4, -0.2) is 27.2 Å². The number of aromatic nitrogens is 3. The number of pyridine rings is 1. The first kappa shape index (κ1) is 16.0. The Morgan fingerprint density at radius 1 is 1.36 bits per heavy atom. The fourth-order valence-electron chi connectivity index (χ4n) is 3.01. The molecule has 128 valence electrons. The molecule has 4 rings (SSSR count). The average Bonchev–Trinajstić information content (AvgIpc) is 3.36. The predicted octanol–water partition coefficient (Wildman–Crippen LogP) is 3.31. The van der Waals surface area contributed by atoms with Gasteiger partial charge < -0.3 is 10.6 Å². The van der Waals surface area contributed by atoms with Crippen LogP contribution in [0.4, 0.5) is 5.82 Å². The molecule has 0 radical (unpaired) electrons. The molecule has 1 aliphatic heterocycles. The second-order valence-corrected chi connectivity index (χ2v) is 7.19. The molecule has 3 aromatic heterocycles. The van der Waals surface area contributed by atoms with Crippen LogP contribution >= 0.6 is 11.3 Å². The van der Waals surface area contributed by atoms with Crippen LogP contribution < -0.4 is 10.6 Å². The van der Waals surface area contributed by atoms with Crippen LogP contribution in [0, 0.1) is 6.92 Å². The number of rotatable bonds is 4. The van der Waals surface area contributed by atoms with Crippen LogP contribution in [0.2, 0.25) is 0 Å². The number of amides is 1. The Labute approximate surface area is 149 Å². The predicted molar refractivity (Wildman–Crippen MR) is 98.3 cm³/mol. The number of nitrogens with zero attached hydrogens (tertiary/aromatic N) is 3. The van der Waals surface area contributed by atoms with Crippen LogP contribution in [0.5, 0.6) is 0 Å². The largest absolute Gasteiger partial charge is 0.309 e. The Kier molecular flexibility index (Phi) is 4.33. The number of nitrogens with one attached hydrogen (secondary N) is 2. The van der Waals surface area contributed by atoms with E-state index in [0.29, 0.717) is 22.6 Å². The molecule has 0 aromatic carbocycles. The van der Waals surface area contributed by atoms with Crippen molar-refractivity contribution in [2.24, 2.45) is 0 Å². The van der Waals surface area contributed by atoms with Crippen molar-refractivity contribution in [1.29, 1.82) is 0 Å². The molecule has 1 unspecified atom stereocenters. The van der Waals surface area contributed by atoms with E-state index in [0.717, 1.165) is 18.7 Å². The number of hydrogen-bond donors (Lipinski definition) is 2. The van der Waals surface area contributed by atoms with E-state index in [4.69, 9.17) is 0 Å². The van der Waals surface area contributed by atoms with Gasteiger partial charge in [-0.3, -0.25) is 4.79 Å². The standard InChI is InChI=1S/C18H19N5OS/c1-12-11-17(23(22-12)16-6-2-3-9-20-16)21-18(24)15-8-7-14(25-15)13-5-4-10-19-13/h2-3,6-9,11,13,19H,4-5,10H2,1H3,(H,21,24). The molecular formula is C18H19N5OS. The van der Waals surface area contributed by atoms with E-state index in [-0.39, 0.29) is 5.91 Å². The first-order valence-electron chi connectivity index (χ1n) is 8.33. The Morgan fingerprint density at radius 3 is 3.04 bits per heavy atom. The monoisotopic (exact) mass is 353 g/mol. The van der Waals surface area contributed by atoms with Crippen molar-refractivity contribution in [3.8, 4) is 5.82 Å². The molecule has 4 heterocycles. The van der Waals surface area contributed by atoms with Crippen molar-refractivity contribution in [2.75, 3.05) is 11.9 Å². The first-order valence-corrected chi connectivity index (χ1v) is 9.15. The van der Waals surface area contributed by atoms with Crippen LogP contribution in [-0.2, 0) is 0 Å². The van der Waals surface area contributed by atoms with Crippen LogP contribution in [0.3, 0.4) is 0 Å². The lowest BCUT2D eigenvalue weighted by Crippen LogP contribution is -2.14. The van der Waals surface area contributed by atoms with Crippen molar-refractivity contribution in [3.05, 3.63) is 58.0 Å². The topological polar surface area (TPSA) is 71.8 Å². The van der Waals surface area contributed by atoms with Gasteiger partial charge in [0, 0.05) is 23.2 Å². The fourth-order valence-corrected chi connectivity index (χ4v) is 4.02. The Bertz CT molecular complexity index is 880. The van der Waals surface area contributed by atoms with Crippen LogP contribution in [0.1, 0.15) is 39.1 Å². The van der Waals surface area contributed by atoms with E-state index in [1.165, 1.54) is 11.3 Å². The summed E-state index contributed by atoms with van der Waals surface area (Å²) < 4.78 is 1.65.